The third-order valence-electron chi connectivity index (χ3n) is 3.50. The number of hydrogen-bond acceptors (Lipinski definition) is 3. The van der Waals surface area contributed by atoms with Crippen LogP contribution in [0, 0.1) is 0 Å². The summed E-state index contributed by atoms with van der Waals surface area (Å²) in [6.45, 7) is 0.572. The van der Waals surface area contributed by atoms with Gasteiger partial charge in [-0.15, -0.1) is 0 Å². The van der Waals surface area contributed by atoms with Crippen molar-refractivity contribution in [1.29, 1.82) is 0 Å². The van der Waals surface area contributed by atoms with Gasteiger partial charge in [0.25, 0.3) is 6.47 Å². The second kappa shape index (κ2) is 6.96. The highest BCUT2D eigenvalue weighted by molar-refractivity contribution is 5.86. The molecule has 4 nitrogen and oxygen atoms in total. The van der Waals surface area contributed by atoms with E-state index in [1.165, 1.54) is 0 Å². The van der Waals surface area contributed by atoms with Gasteiger partial charge in [-0.3, -0.25) is 4.79 Å². The molecular formula is C18H16FNO3. The van der Waals surface area contributed by atoms with Crippen LogP contribution < -0.4 is 4.74 Å². The maximum Gasteiger partial charge on any atom is 0.295 e. The first-order chi connectivity index (χ1) is 11.3. The number of aromatic amines is 1. The number of rotatable bonds is 7. The summed E-state index contributed by atoms with van der Waals surface area (Å²) in [5.74, 6) is 0.723. The molecule has 0 radical (unpaired) electrons. The highest BCUT2D eigenvalue weighted by Crippen LogP contribution is 2.27. The Morgan fingerprint density at radius 1 is 1.13 bits per heavy atom. The van der Waals surface area contributed by atoms with Gasteiger partial charge in [0.15, 0.2) is 0 Å². The molecule has 3 rings (SSSR count). The van der Waals surface area contributed by atoms with Gasteiger partial charge in [0.05, 0.1) is 6.42 Å². The van der Waals surface area contributed by atoms with E-state index in [9.17, 15) is 9.18 Å². The van der Waals surface area contributed by atoms with Gasteiger partial charge in [-0.2, -0.15) is 0 Å². The number of nitrogens with one attached hydrogen (secondary N) is 1. The predicted molar refractivity (Wildman–Crippen MR) is 84.8 cm³/mol. The van der Waals surface area contributed by atoms with E-state index in [4.69, 9.17) is 4.74 Å². The van der Waals surface area contributed by atoms with E-state index >= 15 is 0 Å². The molecule has 5 heteroatoms. The van der Waals surface area contributed by atoms with Crippen molar-refractivity contribution in [1.82, 2.24) is 4.98 Å². The number of alkyl halides is 1. The average Bonchev–Trinajstić information content (AvgIpc) is 2.97. The molecule has 118 valence electrons. The molecule has 0 amide bonds. The van der Waals surface area contributed by atoms with Crippen LogP contribution in [0.15, 0.2) is 54.6 Å². The fourth-order valence-electron chi connectivity index (χ4n) is 2.44. The molecule has 0 saturated heterocycles. The lowest BCUT2D eigenvalue weighted by Crippen LogP contribution is -2.08. The largest absolute Gasteiger partial charge is 0.488 e. The van der Waals surface area contributed by atoms with Gasteiger partial charge in [-0.1, -0.05) is 36.4 Å². The molecule has 23 heavy (non-hydrogen) atoms. The summed E-state index contributed by atoms with van der Waals surface area (Å²) in [4.78, 5) is 13.3. The molecule has 0 bridgehead atoms. The van der Waals surface area contributed by atoms with Crippen molar-refractivity contribution in [3.05, 3.63) is 65.9 Å². The predicted octanol–water partition coefficient (Wildman–Crippen LogP) is 3.76. The fraction of sp³-hybridized carbons (Fsp3) is 0.167. The van der Waals surface area contributed by atoms with Gasteiger partial charge in [0, 0.05) is 16.6 Å². The van der Waals surface area contributed by atoms with Crippen molar-refractivity contribution in [3.8, 4) is 5.75 Å². The topological polar surface area (TPSA) is 51.3 Å². The maximum atomic E-state index is 13.4. The summed E-state index contributed by atoms with van der Waals surface area (Å²) < 4.78 is 23.5. The zero-order chi connectivity index (χ0) is 16.1. The Kier molecular flexibility index (Phi) is 4.57. The van der Waals surface area contributed by atoms with Crippen molar-refractivity contribution >= 4 is 17.4 Å². The zero-order valence-electron chi connectivity index (χ0n) is 12.4. The standard InChI is InChI=1S/C18H16FNO3/c19-18(23-12-21)10-14-9-15-16(20-14)7-4-8-17(15)22-11-13-5-2-1-3-6-13/h1-9,12,18,20H,10-11H2. The van der Waals surface area contributed by atoms with Gasteiger partial charge in [-0.25, -0.2) is 4.39 Å². The van der Waals surface area contributed by atoms with E-state index in [2.05, 4.69) is 9.72 Å². The van der Waals surface area contributed by atoms with Crippen molar-refractivity contribution in [3.63, 3.8) is 0 Å². The minimum atomic E-state index is -1.66. The molecule has 1 heterocycles. The molecule has 0 fully saturated rings. The van der Waals surface area contributed by atoms with Crippen molar-refractivity contribution in [2.75, 3.05) is 0 Å². The Morgan fingerprint density at radius 3 is 2.74 bits per heavy atom. The molecule has 1 unspecified atom stereocenters. The van der Waals surface area contributed by atoms with Crippen LogP contribution in [0.3, 0.4) is 0 Å². The molecule has 0 aliphatic carbocycles. The molecule has 3 aromatic rings. The molecule has 1 N–H and O–H groups in total. The molecule has 0 saturated carbocycles. The summed E-state index contributed by atoms with van der Waals surface area (Å²) in [5, 5.41) is 0.872. The van der Waals surface area contributed by atoms with Gasteiger partial charge in [0.2, 0.25) is 6.36 Å². The SMILES string of the molecule is O=COC(F)Cc1cc2c(OCc3ccccc3)cccc2[nH]1. The normalized spacial score (nSPS) is 12.0. The Bertz CT molecular complexity index is 785. The van der Waals surface area contributed by atoms with Crippen molar-refractivity contribution in [2.45, 2.75) is 19.4 Å². The lowest BCUT2D eigenvalue weighted by Gasteiger charge is -2.07. The highest BCUT2D eigenvalue weighted by atomic mass is 19.1. The Balaban J connectivity index is 1.78. The molecule has 0 spiro atoms. The van der Waals surface area contributed by atoms with E-state index in [1.54, 1.807) is 0 Å². The van der Waals surface area contributed by atoms with Crippen LogP contribution in [0.2, 0.25) is 0 Å². The first-order valence-corrected chi connectivity index (χ1v) is 7.27. The number of aromatic nitrogens is 1. The summed E-state index contributed by atoms with van der Waals surface area (Å²) in [5.41, 5.74) is 2.57. The Hall–Kier alpha value is -2.82. The highest BCUT2D eigenvalue weighted by Gasteiger charge is 2.12. The smallest absolute Gasteiger partial charge is 0.295 e. The van der Waals surface area contributed by atoms with Crippen molar-refractivity contribution in [2.24, 2.45) is 0 Å². The summed E-state index contributed by atoms with van der Waals surface area (Å²) in [6, 6.07) is 17.3. The van der Waals surface area contributed by atoms with Crippen LogP contribution in [0.4, 0.5) is 4.39 Å². The van der Waals surface area contributed by atoms with Gasteiger partial charge < -0.3 is 14.5 Å². The van der Waals surface area contributed by atoms with Gasteiger partial charge in [-0.05, 0) is 23.8 Å². The van der Waals surface area contributed by atoms with Gasteiger partial charge >= 0.3 is 0 Å². The van der Waals surface area contributed by atoms with Crippen LogP contribution >= 0.6 is 0 Å². The second-order valence-electron chi connectivity index (χ2n) is 5.13. The second-order valence-corrected chi connectivity index (χ2v) is 5.13. The number of hydrogen-bond donors (Lipinski definition) is 1. The van der Waals surface area contributed by atoms with E-state index < -0.39 is 6.36 Å². The maximum absolute atomic E-state index is 13.4. The number of benzene rings is 2. The Morgan fingerprint density at radius 2 is 1.96 bits per heavy atom. The molecule has 1 aromatic heterocycles. The number of ether oxygens (including phenoxy) is 2. The fourth-order valence-corrected chi connectivity index (χ4v) is 2.44. The first-order valence-electron chi connectivity index (χ1n) is 7.27. The van der Waals surface area contributed by atoms with Crippen molar-refractivity contribution < 1.29 is 18.7 Å². The number of fused-ring (bicyclic) bond motifs is 1. The quantitative estimate of drug-likeness (QED) is 0.676. The lowest BCUT2D eigenvalue weighted by atomic mass is 10.2. The van der Waals surface area contributed by atoms with E-state index in [0.717, 1.165) is 22.2 Å². The number of carbonyl (C=O) groups is 1. The molecule has 0 aliphatic heterocycles. The van der Waals surface area contributed by atoms with E-state index in [-0.39, 0.29) is 12.9 Å². The monoisotopic (exact) mass is 313 g/mol. The molecule has 0 aliphatic rings. The summed E-state index contributed by atoms with van der Waals surface area (Å²) in [6.07, 6.45) is -1.68. The minimum Gasteiger partial charge on any atom is -0.488 e. The van der Waals surface area contributed by atoms with Crippen LogP contribution in [0.1, 0.15) is 11.3 Å². The van der Waals surface area contributed by atoms with Crippen LogP contribution in [-0.4, -0.2) is 17.8 Å². The number of halogens is 1. The molecule has 1 atom stereocenters. The van der Waals surface area contributed by atoms with Crippen LogP contribution in [0.25, 0.3) is 10.9 Å². The summed E-state index contributed by atoms with van der Waals surface area (Å²) in [7, 11) is 0. The minimum absolute atomic E-state index is 0.0223. The van der Waals surface area contributed by atoms with E-state index in [1.807, 2.05) is 54.6 Å². The zero-order valence-corrected chi connectivity index (χ0v) is 12.4. The first kappa shape index (κ1) is 15.1. The average molecular weight is 313 g/mol. The Labute approximate surface area is 132 Å². The van der Waals surface area contributed by atoms with E-state index in [0.29, 0.717) is 12.3 Å². The van der Waals surface area contributed by atoms with Crippen LogP contribution in [-0.2, 0) is 22.6 Å². The third-order valence-corrected chi connectivity index (χ3v) is 3.50. The number of H-pyrrole nitrogens is 1. The molecular weight excluding hydrogens is 297 g/mol. The summed E-state index contributed by atoms with van der Waals surface area (Å²) >= 11 is 0. The molecule has 2 aromatic carbocycles. The van der Waals surface area contributed by atoms with Crippen LogP contribution in [0.5, 0.6) is 5.75 Å². The third kappa shape index (κ3) is 3.69. The number of carbonyl (C=O) groups excluding carboxylic acids is 1. The lowest BCUT2D eigenvalue weighted by molar-refractivity contribution is -0.141. The van der Waals surface area contributed by atoms with Gasteiger partial charge in [0.1, 0.15) is 12.4 Å².